The molecule has 8 heteroatoms. The minimum absolute atomic E-state index is 0.000927. The van der Waals surface area contributed by atoms with Crippen LogP contribution in [0.4, 0.5) is 0 Å². The summed E-state index contributed by atoms with van der Waals surface area (Å²) in [6.45, 7) is 1.21. The Kier molecular flexibility index (Phi) is 3.82. The Hall–Kier alpha value is -2.93. The average Bonchev–Trinajstić information content (AvgIpc) is 3.36. The van der Waals surface area contributed by atoms with E-state index < -0.39 is 6.04 Å². The summed E-state index contributed by atoms with van der Waals surface area (Å²) in [5.74, 6) is 0.923. The van der Waals surface area contributed by atoms with E-state index in [1.165, 1.54) is 16.6 Å². The number of ether oxygens (including phenoxy) is 1. The fourth-order valence-corrected chi connectivity index (χ4v) is 3.93. The van der Waals surface area contributed by atoms with Crippen molar-refractivity contribution in [2.75, 3.05) is 6.61 Å². The molecule has 0 radical (unpaired) electrons. The Morgan fingerprint density at radius 1 is 1.15 bits per heavy atom. The first kappa shape index (κ1) is 16.3. The van der Waals surface area contributed by atoms with E-state index in [0.29, 0.717) is 18.2 Å². The zero-order valence-electron chi connectivity index (χ0n) is 14.3. The highest BCUT2D eigenvalue weighted by Crippen LogP contribution is 2.45. The summed E-state index contributed by atoms with van der Waals surface area (Å²) in [7, 11) is 0. The number of likely N-dealkylation sites (tertiary alicyclic amines) is 1. The molecular formula is C19H16ClN5O2. The summed E-state index contributed by atoms with van der Waals surface area (Å²) >= 11 is 5.98. The van der Waals surface area contributed by atoms with E-state index in [9.17, 15) is 4.79 Å². The van der Waals surface area contributed by atoms with E-state index in [4.69, 9.17) is 16.3 Å². The first-order valence-electron chi connectivity index (χ1n) is 8.74. The summed E-state index contributed by atoms with van der Waals surface area (Å²) in [6, 6.07) is 13.1. The SMILES string of the molecule is O=C1[C@@H](n2cnnn2)[C@@H](c2ccc3c(c2)CCO3)N1Cc1ccc(Cl)cc1. The van der Waals surface area contributed by atoms with Crippen LogP contribution in [0.25, 0.3) is 0 Å². The molecule has 7 nitrogen and oxygen atoms in total. The average molecular weight is 382 g/mol. The lowest BCUT2D eigenvalue weighted by Crippen LogP contribution is -2.55. The highest BCUT2D eigenvalue weighted by molar-refractivity contribution is 6.30. The van der Waals surface area contributed by atoms with Gasteiger partial charge in [-0.1, -0.05) is 29.8 Å². The Labute approximate surface area is 160 Å². The van der Waals surface area contributed by atoms with Gasteiger partial charge in [-0.25, -0.2) is 4.68 Å². The number of nitrogens with zero attached hydrogens (tertiary/aromatic N) is 5. The molecule has 0 aliphatic carbocycles. The molecule has 3 heterocycles. The van der Waals surface area contributed by atoms with Crippen molar-refractivity contribution in [2.45, 2.75) is 25.0 Å². The molecular weight excluding hydrogens is 366 g/mol. The molecule has 0 N–H and O–H groups in total. The maximum atomic E-state index is 12.9. The fraction of sp³-hybridized carbons (Fsp3) is 0.263. The van der Waals surface area contributed by atoms with Gasteiger partial charge in [-0.05, 0) is 51.4 Å². The van der Waals surface area contributed by atoms with Crippen molar-refractivity contribution >= 4 is 17.5 Å². The highest BCUT2D eigenvalue weighted by Gasteiger charge is 2.50. The number of fused-ring (bicyclic) bond motifs is 1. The number of rotatable bonds is 4. The van der Waals surface area contributed by atoms with Crippen molar-refractivity contribution in [1.82, 2.24) is 25.1 Å². The smallest absolute Gasteiger partial charge is 0.251 e. The molecule has 3 aromatic rings. The van der Waals surface area contributed by atoms with E-state index in [-0.39, 0.29) is 11.9 Å². The molecule has 0 saturated carbocycles. The van der Waals surface area contributed by atoms with Crippen molar-refractivity contribution in [2.24, 2.45) is 0 Å². The number of benzene rings is 2. The maximum absolute atomic E-state index is 12.9. The van der Waals surface area contributed by atoms with E-state index in [1.807, 2.05) is 41.3 Å². The summed E-state index contributed by atoms with van der Waals surface area (Å²) in [4.78, 5) is 14.8. The van der Waals surface area contributed by atoms with Gasteiger partial charge in [-0.15, -0.1) is 5.10 Å². The summed E-state index contributed by atoms with van der Waals surface area (Å²) < 4.78 is 7.14. The summed E-state index contributed by atoms with van der Waals surface area (Å²) in [5, 5.41) is 12.0. The molecule has 2 aromatic carbocycles. The van der Waals surface area contributed by atoms with Gasteiger partial charge in [0.1, 0.15) is 12.1 Å². The zero-order valence-corrected chi connectivity index (χ0v) is 15.1. The van der Waals surface area contributed by atoms with Gasteiger partial charge in [-0.3, -0.25) is 4.79 Å². The van der Waals surface area contributed by atoms with Gasteiger partial charge in [0.15, 0.2) is 6.04 Å². The predicted octanol–water partition coefficient (Wildman–Crippen LogP) is 2.59. The van der Waals surface area contributed by atoms with Gasteiger partial charge in [0.2, 0.25) is 0 Å². The van der Waals surface area contributed by atoms with Crippen LogP contribution in [0, 0.1) is 0 Å². The fourth-order valence-electron chi connectivity index (χ4n) is 3.80. The highest BCUT2D eigenvalue weighted by atomic mass is 35.5. The minimum Gasteiger partial charge on any atom is -0.493 e. The summed E-state index contributed by atoms with van der Waals surface area (Å²) in [6.07, 6.45) is 2.38. The number of hydrogen-bond acceptors (Lipinski definition) is 5. The number of carbonyl (C=O) groups is 1. The van der Waals surface area contributed by atoms with Crippen LogP contribution in [0.3, 0.4) is 0 Å². The normalized spacial score (nSPS) is 20.9. The van der Waals surface area contributed by atoms with Crippen LogP contribution >= 0.6 is 11.6 Å². The van der Waals surface area contributed by atoms with E-state index in [0.717, 1.165) is 23.3 Å². The van der Waals surface area contributed by atoms with Crippen molar-refractivity contribution in [3.63, 3.8) is 0 Å². The molecule has 136 valence electrons. The molecule has 0 spiro atoms. The van der Waals surface area contributed by atoms with Crippen LogP contribution in [0.2, 0.25) is 5.02 Å². The largest absolute Gasteiger partial charge is 0.493 e. The standard InChI is InChI=1S/C19H16ClN5O2/c20-15-4-1-12(2-5-15)10-24-17(18(19(24)26)25-11-21-22-23-25)14-3-6-16-13(9-14)7-8-27-16/h1-6,9,11,17-18H,7-8,10H2/t17-,18+/m1/s1. The molecule has 2 aliphatic rings. The van der Waals surface area contributed by atoms with Gasteiger partial charge < -0.3 is 9.64 Å². The molecule has 1 saturated heterocycles. The zero-order chi connectivity index (χ0) is 18.4. The maximum Gasteiger partial charge on any atom is 0.251 e. The molecule has 27 heavy (non-hydrogen) atoms. The lowest BCUT2D eigenvalue weighted by atomic mass is 9.87. The first-order chi connectivity index (χ1) is 13.2. The number of aromatic nitrogens is 4. The molecule has 0 unspecified atom stereocenters. The number of β-lactam (4-membered cyclic amide) rings is 1. The Bertz CT molecular complexity index is 990. The van der Waals surface area contributed by atoms with Gasteiger partial charge in [-0.2, -0.15) is 0 Å². The Balaban J connectivity index is 1.50. The first-order valence-corrected chi connectivity index (χ1v) is 9.11. The monoisotopic (exact) mass is 381 g/mol. The molecule has 1 fully saturated rings. The van der Waals surface area contributed by atoms with Crippen molar-refractivity contribution in [1.29, 1.82) is 0 Å². The topological polar surface area (TPSA) is 73.1 Å². The van der Waals surface area contributed by atoms with Crippen molar-refractivity contribution < 1.29 is 9.53 Å². The van der Waals surface area contributed by atoms with Gasteiger partial charge >= 0.3 is 0 Å². The van der Waals surface area contributed by atoms with Crippen LogP contribution in [0.5, 0.6) is 5.75 Å². The molecule has 1 aromatic heterocycles. The third-order valence-corrected chi connectivity index (χ3v) is 5.39. The van der Waals surface area contributed by atoms with Crippen LogP contribution < -0.4 is 4.74 Å². The number of hydrogen-bond donors (Lipinski definition) is 0. The number of amides is 1. The van der Waals surface area contributed by atoms with Gasteiger partial charge in [0.25, 0.3) is 5.91 Å². The van der Waals surface area contributed by atoms with Crippen LogP contribution in [0.1, 0.15) is 28.8 Å². The molecule has 0 bridgehead atoms. The van der Waals surface area contributed by atoms with Gasteiger partial charge in [0.05, 0.1) is 12.6 Å². The Morgan fingerprint density at radius 3 is 2.78 bits per heavy atom. The lowest BCUT2D eigenvalue weighted by Gasteiger charge is -2.47. The number of carbonyl (C=O) groups excluding carboxylic acids is 1. The second kappa shape index (κ2) is 6.35. The molecule has 2 atom stereocenters. The predicted molar refractivity (Wildman–Crippen MR) is 97.2 cm³/mol. The third-order valence-electron chi connectivity index (χ3n) is 5.14. The van der Waals surface area contributed by atoms with Crippen LogP contribution in [0.15, 0.2) is 48.8 Å². The van der Waals surface area contributed by atoms with Crippen molar-refractivity contribution in [3.8, 4) is 5.75 Å². The molecule has 1 amide bonds. The van der Waals surface area contributed by atoms with E-state index in [1.54, 1.807) is 0 Å². The second-order valence-corrected chi connectivity index (χ2v) is 7.17. The minimum atomic E-state index is -0.437. The third kappa shape index (κ3) is 2.75. The van der Waals surface area contributed by atoms with E-state index >= 15 is 0 Å². The Morgan fingerprint density at radius 2 is 2.00 bits per heavy atom. The van der Waals surface area contributed by atoms with Crippen LogP contribution in [-0.4, -0.2) is 37.6 Å². The molecule has 2 aliphatic heterocycles. The van der Waals surface area contributed by atoms with E-state index in [2.05, 4.69) is 21.6 Å². The lowest BCUT2D eigenvalue weighted by molar-refractivity contribution is -0.157. The van der Waals surface area contributed by atoms with Crippen molar-refractivity contribution in [3.05, 3.63) is 70.5 Å². The van der Waals surface area contributed by atoms with Gasteiger partial charge in [0, 0.05) is 18.0 Å². The summed E-state index contributed by atoms with van der Waals surface area (Å²) in [5.41, 5.74) is 3.26. The molecule has 5 rings (SSSR count). The van der Waals surface area contributed by atoms with Crippen LogP contribution in [-0.2, 0) is 17.8 Å². The second-order valence-electron chi connectivity index (χ2n) is 6.74. The quantitative estimate of drug-likeness (QED) is 0.649. The number of halogens is 1. The number of tetrazole rings is 1.